The van der Waals surface area contributed by atoms with E-state index in [1.165, 1.54) is 19.1 Å². The van der Waals surface area contributed by atoms with E-state index in [9.17, 15) is 21.2 Å². The van der Waals surface area contributed by atoms with Crippen molar-refractivity contribution in [1.82, 2.24) is 9.88 Å². The summed E-state index contributed by atoms with van der Waals surface area (Å²) in [5.41, 5.74) is 1.25. The van der Waals surface area contributed by atoms with Crippen molar-refractivity contribution in [3.63, 3.8) is 0 Å². The third-order valence-corrected chi connectivity index (χ3v) is 9.31. The third-order valence-electron chi connectivity index (χ3n) is 5.20. The Morgan fingerprint density at radius 3 is 2.50 bits per heavy atom. The summed E-state index contributed by atoms with van der Waals surface area (Å²) in [6.45, 7) is 2.00. The molecule has 0 radical (unpaired) electrons. The Morgan fingerprint density at radius 2 is 1.86 bits per heavy atom. The third kappa shape index (κ3) is 4.42. The number of aromatic nitrogens is 1. The first kappa shape index (κ1) is 20.9. The molecule has 1 aliphatic heterocycles. The fraction of sp³-hybridized carbons (Fsp3) is 0.421. The predicted molar refractivity (Wildman–Crippen MR) is 105 cm³/mol. The number of hydrogen-bond donors (Lipinski definition) is 0. The highest BCUT2D eigenvalue weighted by molar-refractivity contribution is 7.96. The Morgan fingerprint density at radius 1 is 1.18 bits per heavy atom. The maximum atomic E-state index is 13.6. The number of halogens is 1. The van der Waals surface area contributed by atoms with Crippen LogP contribution in [-0.2, 0) is 26.1 Å². The monoisotopic (exact) mass is 426 g/mol. The Kier molecular flexibility index (Phi) is 5.88. The Balaban J connectivity index is 1.86. The van der Waals surface area contributed by atoms with Gasteiger partial charge >= 0.3 is 0 Å². The zero-order chi connectivity index (χ0) is 20.5. The molecule has 1 aromatic heterocycles. The van der Waals surface area contributed by atoms with Crippen LogP contribution in [0.3, 0.4) is 0 Å². The van der Waals surface area contributed by atoms with Gasteiger partial charge in [0.15, 0.2) is 19.7 Å². The minimum atomic E-state index is -3.92. The second-order valence-corrected chi connectivity index (χ2v) is 11.5. The molecule has 2 heterocycles. The van der Waals surface area contributed by atoms with E-state index < -0.39 is 42.5 Å². The number of benzene rings is 1. The Labute approximate surface area is 165 Å². The summed E-state index contributed by atoms with van der Waals surface area (Å²) in [6.07, 6.45) is 4.01. The van der Waals surface area contributed by atoms with Gasteiger partial charge in [-0.2, -0.15) is 0 Å². The highest BCUT2D eigenvalue weighted by Gasteiger charge is 2.47. The minimum absolute atomic E-state index is 0.0407. The molecule has 0 N–H and O–H groups in total. The van der Waals surface area contributed by atoms with Crippen molar-refractivity contribution < 1.29 is 21.2 Å². The van der Waals surface area contributed by atoms with Gasteiger partial charge in [0.1, 0.15) is 5.82 Å². The van der Waals surface area contributed by atoms with Gasteiger partial charge in [0, 0.05) is 25.0 Å². The number of nitrogens with zero attached hydrogens (tertiary/aromatic N) is 2. The number of sulfone groups is 2. The van der Waals surface area contributed by atoms with Crippen LogP contribution in [0.25, 0.3) is 0 Å². The summed E-state index contributed by atoms with van der Waals surface area (Å²) in [5, 5.41) is -1.08. The molecule has 3 rings (SSSR count). The molecule has 9 heteroatoms. The lowest BCUT2D eigenvalue weighted by atomic mass is 10.1. The molecule has 2 atom stereocenters. The maximum Gasteiger partial charge on any atom is 0.183 e. The van der Waals surface area contributed by atoms with Crippen LogP contribution in [0, 0.1) is 12.7 Å². The molecule has 28 heavy (non-hydrogen) atoms. The van der Waals surface area contributed by atoms with E-state index >= 15 is 0 Å². The van der Waals surface area contributed by atoms with Crippen LogP contribution < -0.4 is 0 Å². The molecular formula is C19H23FN2O4S2. The number of aryl methyl sites for hydroxylation is 1. The number of rotatable bonds is 6. The Bertz CT molecular complexity index is 1060. The van der Waals surface area contributed by atoms with Gasteiger partial charge in [-0.1, -0.05) is 0 Å². The van der Waals surface area contributed by atoms with Crippen LogP contribution in [0.15, 0.2) is 47.6 Å². The molecule has 1 aromatic carbocycles. The van der Waals surface area contributed by atoms with Gasteiger partial charge in [-0.15, -0.1) is 0 Å². The van der Waals surface area contributed by atoms with E-state index in [1.807, 2.05) is 12.1 Å². The van der Waals surface area contributed by atoms with E-state index in [2.05, 4.69) is 4.98 Å². The molecule has 0 saturated carbocycles. The quantitative estimate of drug-likeness (QED) is 0.653. The first-order chi connectivity index (χ1) is 13.1. The van der Waals surface area contributed by atoms with E-state index in [0.717, 1.165) is 11.6 Å². The van der Waals surface area contributed by atoms with Gasteiger partial charge in [0.25, 0.3) is 0 Å². The summed E-state index contributed by atoms with van der Waals surface area (Å²) in [4.78, 5) is 5.72. The van der Waals surface area contributed by atoms with E-state index in [1.54, 1.807) is 24.3 Å². The van der Waals surface area contributed by atoms with Gasteiger partial charge in [-0.3, -0.25) is 4.98 Å². The Hall–Kier alpha value is -1.84. The molecule has 0 spiro atoms. The molecule has 1 fully saturated rings. The van der Waals surface area contributed by atoms with Crippen molar-refractivity contribution in [3.05, 3.63) is 59.7 Å². The van der Waals surface area contributed by atoms with Crippen LogP contribution in [0.4, 0.5) is 4.39 Å². The summed E-state index contributed by atoms with van der Waals surface area (Å²) in [6, 6.07) is 6.67. The summed E-state index contributed by atoms with van der Waals surface area (Å²) in [7, 11) is -5.67. The number of hydrogen-bond acceptors (Lipinski definition) is 6. The van der Waals surface area contributed by atoms with Crippen LogP contribution in [-0.4, -0.2) is 63.1 Å². The largest absolute Gasteiger partial charge is 0.301 e. The van der Waals surface area contributed by atoms with E-state index in [-0.39, 0.29) is 16.2 Å². The molecule has 0 amide bonds. The lowest BCUT2D eigenvalue weighted by molar-refractivity contribution is 0.266. The fourth-order valence-electron chi connectivity index (χ4n) is 3.49. The van der Waals surface area contributed by atoms with Gasteiger partial charge in [-0.25, -0.2) is 21.2 Å². The van der Waals surface area contributed by atoms with Gasteiger partial charge < -0.3 is 4.90 Å². The van der Waals surface area contributed by atoms with E-state index in [4.69, 9.17) is 0 Å². The normalized spacial score (nSPS) is 21.9. The summed E-state index contributed by atoms with van der Waals surface area (Å²) >= 11 is 0. The highest BCUT2D eigenvalue weighted by atomic mass is 32.2. The van der Waals surface area contributed by atoms with Crippen LogP contribution in [0.1, 0.15) is 11.1 Å². The maximum absolute atomic E-state index is 13.6. The van der Waals surface area contributed by atoms with Crippen molar-refractivity contribution in [1.29, 1.82) is 0 Å². The van der Waals surface area contributed by atoms with Gasteiger partial charge in [-0.05, 0) is 61.9 Å². The first-order valence-corrected chi connectivity index (χ1v) is 12.3. The topological polar surface area (TPSA) is 84.4 Å². The molecule has 6 nitrogen and oxygen atoms in total. The van der Waals surface area contributed by atoms with Crippen molar-refractivity contribution >= 4 is 19.7 Å². The smallest absolute Gasteiger partial charge is 0.183 e. The van der Waals surface area contributed by atoms with Crippen LogP contribution in [0.2, 0.25) is 0 Å². The standard InChI is InChI=1S/C19H23FN2O4S2/c1-14-11-16(3-4-17(14)20)28(25,26)19-13-27(23,24)12-18(19)22(2)10-7-15-5-8-21-9-6-15/h3-6,8-9,11,18-19H,7,10,12-13H2,1-2H3. The van der Waals surface area contributed by atoms with E-state index in [0.29, 0.717) is 13.0 Å². The molecular weight excluding hydrogens is 403 g/mol. The molecule has 152 valence electrons. The molecule has 2 unspecified atom stereocenters. The molecule has 2 aromatic rings. The number of likely N-dealkylation sites (N-methyl/N-ethyl adjacent to an activating group) is 1. The minimum Gasteiger partial charge on any atom is -0.301 e. The molecule has 0 bridgehead atoms. The summed E-state index contributed by atoms with van der Waals surface area (Å²) < 4.78 is 64.4. The summed E-state index contributed by atoms with van der Waals surface area (Å²) in [5.74, 6) is -1.12. The van der Waals surface area contributed by atoms with Gasteiger partial charge in [0.2, 0.25) is 0 Å². The predicted octanol–water partition coefficient (Wildman–Crippen LogP) is 1.64. The van der Waals surface area contributed by atoms with Gasteiger partial charge in [0.05, 0.1) is 21.7 Å². The van der Waals surface area contributed by atoms with Crippen molar-refractivity contribution in [2.75, 3.05) is 25.1 Å². The fourth-order valence-corrected chi connectivity index (χ4v) is 8.49. The zero-order valence-corrected chi connectivity index (χ0v) is 17.4. The first-order valence-electron chi connectivity index (χ1n) is 8.90. The average Bonchev–Trinajstić information content (AvgIpc) is 2.99. The van der Waals surface area contributed by atoms with Crippen molar-refractivity contribution in [2.24, 2.45) is 0 Å². The second kappa shape index (κ2) is 7.88. The second-order valence-electron chi connectivity index (χ2n) is 7.22. The van der Waals surface area contributed by atoms with Crippen molar-refractivity contribution in [2.45, 2.75) is 29.5 Å². The molecule has 0 aliphatic carbocycles. The SMILES string of the molecule is Cc1cc(S(=O)(=O)C2CS(=O)(=O)CC2N(C)CCc2ccncc2)ccc1F. The number of pyridine rings is 1. The lowest BCUT2D eigenvalue weighted by Gasteiger charge is -2.28. The van der Waals surface area contributed by atoms with Crippen LogP contribution >= 0.6 is 0 Å². The lowest BCUT2D eigenvalue weighted by Crippen LogP contribution is -2.45. The zero-order valence-electron chi connectivity index (χ0n) is 15.7. The van der Waals surface area contributed by atoms with Crippen molar-refractivity contribution in [3.8, 4) is 0 Å². The van der Waals surface area contributed by atoms with Crippen LogP contribution in [0.5, 0.6) is 0 Å². The molecule has 1 saturated heterocycles. The highest BCUT2D eigenvalue weighted by Crippen LogP contribution is 2.29. The molecule has 1 aliphatic rings. The average molecular weight is 427 g/mol.